The van der Waals surface area contributed by atoms with E-state index in [0.717, 1.165) is 6.42 Å². The monoisotopic (exact) mass is 272 g/mol. The van der Waals surface area contributed by atoms with Crippen LogP contribution in [0.3, 0.4) is 0 Å². The summed E-state index contributed by atoms with van der Waals surface area (Å²) in [4.78, 5) is 22.8. The van der Waals surface area contributed by atoms with Crippen molar-refractivity contribution in [2.45, 2.75) is 66.0 Å². The molecular formula is C14H28N2O3. The van der Waals surface area contributed by atoms with Crippen molar-refractivity contribution in [2.75, 3.05) is 0 Å². The first kappa shape index (κ1) is 17.9. The highest BCUT2D eigenvalue weighted by Crippen LogP contribution is 2.22. The highest BCUT2D eigenvalue weighted by atomic mass is 16.4. The van der Waals surface area contributed by atoms with Gasteiger partial charge in [0.15, 0.2) is 0 Å². The number of nitrogens with two attached hydrogens (primary N) is 1. The Balaban J connectivity index is 4.63. The van der Waals surface area contributed by atoms with Crippen LogP contribution in [-0.2, 0) is 9.59 Å². The number of nitrogens with one attached hydrogen (secondary N) is 1. The van der Waals surface area contributed by atoms with Gasteiger partial charge in [0.25, 0.3) is 0 Å². The van der Waals surface area contributed by atoms with E-state index >= 15 is 0 Å². The van der Waals surface area contributed by atoms with E-state index in [0.29, 0.717) is 6.42 Å². The summed E-state index contributed by atoms with van der Waals surface area (Å²) in [5.74, 6) is -1.09. The topological polar surface area (TPSA) is 92.4 Å². The summed E-state index contributed by atoms with van der Waals surface area (Å²) in [7, 11) is 0. The summed E-state index contributed by atoms with van der Waals surface area (Å²) in [6, 6.07) is -0.957. The van der Waals surface area contributed by atoms with Crippen LogP contribution in [0, 0.1) is 11.3 Å². The quantitative estimate of drug-likeness (QED) is 0.658. The Kier molecular flexibility index (Phi) is 7.05. The summed E-state index contributed by atoms with van der Waals surface area (Å²) in [6.45, 7) is 9.94. The lowest BCUT2D eigenvalue weighted by Gasteiger charge is -2.27. The Labute approximate surface area is 115 Å². The summed E-state index contributed by atoms with van der Waals surface area (Å²) in [5, 5.41) is 11.7. The third-order valence-electron chi connectivity index (χ3n) is 3.19. The maximum Gasteiger partial charge on any atom is 0.305 e. The van der Waals surface area contributed by atoms with Gasteiger partial charge in [-0.25, -0.2) is 0 Å². The van der Waals surface area contributed by atoms with Crippen LogP contribution in [0.5, 0.6) is 0 Å². The lowest BCUT2D eigenvalue weighted by atomic mass is 9.86. The molecule has 1 amide bonds. The maximum absolute atomic E-state index is 12.0. The van der Waals surface area contributed by atoms with Gasteiger partial charge in [0.05, 0.1) is 12.5 Å². The number of hydrogen-bond acceptors (Lipinski definition) is 3. The Morgan fingerprint density at radius 3 is 2.21 bits per heavy atom. The van der Waals surface area contributed by atoms with Crippen molar-refractivity contribution >= 4 is 11.9 Å². The molecule has 0 saturated carbocycles. The third-order valence-corrected chi connectivity index (χ3v) is 3.19. The lowest BCUT2D eigenvalue weighted by molar-refractivity contribution is -0.138. The van der Waals surface area contributed by atoms with Crippen LogP contribution in [-0.4, -0.2) is 29.1 Å². The average molecular weight is 272 g/mol. The molecule has 3 atom stereocenters. The maximum atomic E-state index is 12.0. The molecule has 0 aromatic carbocycles. The fraction of sp³-hybridized carbons (Fsp3) is 0.857. The van der Waals surface area contributed by atoms with Crippen molar-refractivity contribution in [2.24, 2.45) is 17.1 Å². The van der Waals surface area contributed by atoms with Gasteiger partial charge in [-0.2, -0.15) is 0 Å². The number of carboxylic acid groups (broad SMARTS) is 1. The first-order valence-corrected chi connectivity index (χ1v) is 6.84. The molecule has 0 rings (SSSR count). The second-order valence-corrected chi connectivity index (χ2v) is 6.48. The highest BCUT2D eigenvalue weighted by Gasteiger charge is 2.26. The Morgan fingerprint density at radius 2 is 1.84 bits per heavy atom. The van der Waals surface area contributed by atoms with Gasteiger partial charge < -0.3 is 16.2 Å². The molecule has 19 heavy (non-hydrogen) atoms. The summed E-state index contributed by atoms with van der Waals surface area (Å²) in [6.07, 6.45) is 1.35. The molecule has 0 aliphatic heterocycles. The number of rotatable bonds is 7. The number of carbonyl (C=O) groups excluding carboxylic acids is 1. The molecule has 112 valence electrons. The van der Waals surface area contributed by atoms with Crippen molar-refractivity contribution < 1.29 is 14.7 Å². The molecule has 0 aliphatic rings. The van der Waals surface area contributed by atoms with Crippen LogP contribution < -0.4 is 11.1 Å². The highest BCUT2D eigenvalue weighted by molar-refractivity contribution is 5.82. The van der Waals surface area contributed by atoms with E-state index in [1.807, 2.05) is 34.6 Å². The van der Waals surface area contributed by atoms with E-state index in [2.05, 4.69) is 5.32 Å². The van der Waals surface area contributed by atoms with Gasteiger partial charge in [0.2, 0.25) is 5.91 Å². The lowest BCUT2D eigenvalue weighted by Crippen LogP contribution is -2.49. The van der Waals surface area contributed by atoms with Crippen LogP contribution in [0.2, 0.25) is 0 Å². The molecule has 0 aromatic rings. The molecule has 5 heteroatoms. The summed E-state index contributed by atoms with van der Waals surface area (Å²) in [5.41, 5.74) is 5.81. The van der Waals surface area contributed by atoms with Crippen LogP contribution in [0.1, 0.15) is 53.9 Å². The molecule has 0 aliphatic carbocycles. The number of amides is 1. The van der Waals surface area contributed by atoms with Gasteiger partial charge in [-0.05, 0) is 17.8 Å². The van der Waals surface area contributed by atoms with Gasteiger partial charge in [-0.1, -0.05) is 41.0 Å². The molecule has 0 saturated heterocycles. The zero-order valence-corrected chi connectivity index (χ0v) is 12.7. The van der Waals surface area contributed by atoms with Gasteiger partial charge in [0, 0.05) is 6.04 Å². The fourth-order valence-electron chi connectivity index (χ4n) is 1.93. The minimum atomic E-state index is -0.910. The van der Waals surface area contributed by atoms with Crippen LogP contribution in [0.15, 0.2) is 0 Å². The van der Waals surface area contributed by atoms with Gasteiger partial charge in [0.1, 0.15) is 0 Å². The number of aliphatic carboxylic acids is 1. The molecule has 0 aromatic heterocycles. The van der Waals surface area contributed by atoms with Gasteiger partial charge >= 0.3 is 5.97 Å². The predicted molar refractivity (Wildman–Crippen MR) is 75.7 cm³/mol. The van der Waals surface area contributed by atoms with Crippen molar-refractivity contribution in [3.8, 4) is 0 Å². The van der Waals surface area contributed by atoms with Crippen molar-refractivity contribution in [3.05, 3.63) is 0 Å². The first-order valence-electron chi connectivity index (χ1n) is 6.84. The largest absolute Gasteiger partial charge is 0.481 e. The normalized spacial score (nSPS) is 16.5. The standard InChI is InChI=1S/C14H28N2O3/c1-6-9(2)12(15)13(19)16-10(7-11(17)18)8-14(3,4)5/h9-10,12H,6-8,15H2,1-5H3,(H,16,19)(H,17,18)/t9-,10?,12-/m0/s1. The Bertz CT molecular complexity index is 310. The molecule has 1 unspecified atom stereocenters. The van der Waals surface area contributed by atoms with Gasteiger partial charge in [-0.3, -0.25) is 9.59 Å². The molecule has 0 spiro atoms. The molecule has 4 N–H and O–H groups in total. The minimum absolute atomic E-state index is 0.0478. The second-order valence-electron chi connectivity index (χ2n) is 6.48. The average Bonchev–Trinajstić information content (AvgIpc) is 2.23. The van der Waals surface area contributed by atoms with Crippen LogP contribution in [0.25, 0.3) is 0 Å². The van der Waals surface area contributed by atoms with Crippen LogP contribution >= 0.6 is 0 Å². The second kappa shape index (κ2) is 7.48. The van der Waals surface area contributed by atoms with E-state index < -0.39 is 12.0 Å². The molecule has 0 heterocycles. The number of carboxylic acids is 1. The van der Waals surface area contributed by atoms with Crippen molar-refractivity contribution in [1.82, 2.24) is 5.32 Å². The number of hydrogen-bond donors (Lipinski definition) is 3. The Hall–Kier alpha value is -1.10. The van der Waals surface area contributed by atoms with E-state index in [4.69, 9.17) is 10.8 Å². The van der Waals surface area contributed by atoms with Crippen molar-refractivity contribution in [3.63, 3.8) is 0 Å². The first-order chi connectivity index (χ1) is 8.56. The zero-order valence-electron chi connectivity index (χ0n) is 12.7. The Morgan fingerprint density at radius 1 is 1.32 bits per heavy atom. The molecule has 0 radical (unpaired) electrons. The summed E-state index contributed by atoms with van der Waals surface area (Å²) >= 11 is 0. The van der Waals surface area contributed by atoms with E-state index in [-0.39, 0.29) is 29.7 Å². The van der Waals surface area contributed by atoms with Crippen LogP contribution in [0.4, 0.5) is 0 Å². The molecular weight excluding hydrogens is 244 g/mol. The van der Waals surface area contributed by atoms with E-state index in [1.165, 1.54) is 0 Å². The molecule has 5 nitrogen and oxygen atoms in total. The van der Waals surface area contributed by atoms with Gasteiger partial charge in [-0.15, -0.1) is 0 Å². The van der Waals surface area contributed by atoms with Crippen molar-refractivity contribution in [1.29, 1.82) is 0 Å². The van der Waals surface area contributed by atoms with E-state index in [9.17, 15) is 9.59 Å². The fourth-order valence-corrected chi connectivity index (χ4v) is 1.93. The summed E-state index contributed by atoms with van der Waals surface area (Å²) < 4.78 is 0. The molecule has 0 fully saturated rings. The molecule has 0 bridgehead atoms. The third kappa shape index (κ3) is 7.82. The number of carbonyl (C=O) groups is 2. The van der Waals surface area contributed by atoms with E-state index in [1.54, 1.807) is 0 Å². The smallest absolute Gasteiger partial charge is 0.305 e. The minimum Gasteiger partial charge on any atom is -0.481 e. The SMILES string of the molecule is CC[C@H](C)[C@H](N)C(=O)NC(CC(=O)O)CC(C)(C)C. The zero-order chi connectivity index (χ0) is 15.2. The predicted octanol–water partition coefficient (Wildman–Crippen LogP) is 1.76.